The summed E-state index contributed by atoms with van der Waals surface area (Å²) < 4.78 is 5.22. The van der Waals surface area contributed by atoms with Gasteiger partial charge in [-0.25, -0.2) is 0 Å². The third-order valence-electron chi connectivity index (χ3n) is 3.71. The van der Waals surface area contributed by atoms with Crippen LogP contribution in [0.3, 0.4) is 0 Å². The van der Waals surface area contributed by atoms with E-state index in [4.69, 9.17) is 4.74 Å². The molecule has 0 spiro atoms. The summed E-state index contributed by atoms with van der Waals surface area (Å²) in [6.07, 6.45) is 5.56. The van der Waals surface area contributed by atoms with Gasteiger partial charge in [0.1, 0.15) is 5.75 Å². The third-order valence-corrected chi connectivity index (χ3v) is 3.71. The summed E-state index contributed by atoms with van der Waals surface area (Å²) in [6.45, 7) is 3.47. The number of nitrogens with one attached hydrogen (secondary N) is 1. The van der Waals surface area contributed by atoms with Crippen LogP contribution in [-0.2, 0) is 0 Å². The molecule has 2 rings (SSSR count). The van der Waals surface area contributed by atoms with Gasteiger partial charge in [0, 0.05) is 18.3 Å². The summed E-state index contributed by atoms with van der Waals surface area (Å²) in [5.41, 5.74) is 1.17. The predicted molar refractivity (Wildman–Crippen MR) is 72.6 cm³/mol. The van der Waals surface area contributed by atoms with Crippen molar-refractivity contribution < 1.29 is 4.74 Å². The van der Waals surface area contributed by atoms with E-state index in [1.165, 1.54) is 31.4 Å². The predicted octanol–water partition coefficient (Wildman–Crippen LogP) is 3.93. The van der Waals surface area contributed by atoms with Gasteiger partial charge in [-0.15, -0.1) is 0 Å². The van der Waals surface area contributed by atoms with Gasteiger partial charge in [0.2, 0.25) is 0 Å². The van der Waals surface area contributed by atoms with Crippen LogP contribution in [0, 0.1) is 11.8 Å². The molecule has 2 nitrogen and oxygen atoms in total. The molecule has 1 aliphatic carbocycles. The molecule has 0 aromatic heterocycles. The third kappa shape index (κ3) is 3.65. The molecule has 1 N–H and O–H groups in total. The van der Waals surface area contributed by atoms with E-state index in [1.807, 2.05) is 12.1 Å². The standard InChI is InChI=1S/C15H23NO/c1-12-5-3-6-13(9-12)11-16-14-7-4-8-15(10-14)17-2/h4,7-8,10,12-13,16H,3,5-6,9,11H2,1-2H3. The molecule has 0 bridgehead atoms. The zero-order chi connectivity index (χ0) is 12.1. The molecule has 2 heteroatoms. The van der Waals surface area contributed by atoms with Gasteiger partial charge in [-0.1, -0.05) is 25.8 Å². The molecule has 1 aromatic rings. The number of hydrogen-bond acceptors (Lipinski definition) is 2. The van der Waals surface area contributed by atoms with Crippen LogP contribution in [0.5, 0.6) is 5.75 Å². The van der Waals surface area contributed by atoms with Crippen LogP contribution in [0.25, 0.3) is 0 Å². The Hall–Kier alpha value is -1.18. The molecule has 1 aliphatic rings. The Bertz CT molecular complexity index is 351. The second kappa shape index (κ2) is 5.95. The molecule has 2 atom stereocenters. The summed E-state index contributed by atoms with van der Waals surface area (Å²) in [7, 11) is 1.71. The molecule has 94 valence electrons. The van der Waals surface area contributed by atoms with Crippen molar-refractivity contribution in [2.24, 2.45) is 11.8 Å². The van der Waals surface area contributed by atoms with Crippen molar-refractivity contribution in [3.63, 3.8) is 0 Å². The fourth-order valence-corrected chi connectivity index (χ4v) is 2.74. The van der Waals surface area contributed by atoms with Crippen molar-refractivity contribution in [3.8, 4) is 5.75 Å². The highest BCUT2D eigenvalue weighted by Crippen LogP contribution is 2.29. The van der Waals surface area contributed by atoms with Gasteiger partial charge in [0.05, 0.1) is 7.11 Å². The largest absolute Gasteiger partial charge is 0.497 e. The van der Waals surface area contributed by atoms with Crippen LogP contribution in [-0.4, -0.2) is 13.7 Å². The minimum atomic E-state index is 0.838. The Labute approximate surface area is 104 Å². The summed E-state index contributed by atoms with van der Waals surface area (Å²) in [4.78, 5) is 0. The minimum absolute atomic E-state index is 0.838. The molecule has 2 unspecified atom stereocenters. The highest BCUT2D eigenvalue weighted by Gasteiger charge is 2.18. The first-order valence-corrected chi connectivity index (χ1v) is 6.66. The van der Waals surface area contributed by atoms with Crippen LogP contribution >= 0.6 is 0 Å². The van der Waals surface area contributed by atoms with Crippen LogP contribution in [0.2, 0.25) is 0 Å². The molecule has 0 saturated heterocycles. The van der Waals surface area contributed by atoms with Crippen LogP contribution < -0.4 is 10.1 Å². The van der Waals surface area contributed by atoms with Gasteiger partial charge in [-0.3, -0.25) is 0 Å². The van der Waals surface area contributed by atoms with Crippen molar-refractivity contribution in [3.05, 3.63) is 24.3 Å². The van der Waals surface area contributed by atoms with Gasteiger partial charge >= 0.3 is 0 Å². The Morgan fingerprint density at radius 2 is 2.24 bits per heavy atom. The first-order valence-electron chi connectivity index (χ1n) is 6.66. The van der Waals surface area contributed by atoms with E-state index in [0.717, 1.165) is 24.1 Å². The van der Waals surface area contributed by atoms with Gasteiger partial charge in [-0.05, 0) is 36.8 Å². The highest BCUT2D eigenvalue weighted by molar-refractivity contribution is 5.48. The number of rotatable bonds is 4. The van der Waals surface area contributed by atoms with Gasteiger partial charge < -0.3 is 10.1 Å². The molecule has 0 amide bonds. The lowest BCUT2D eigenvalue weighted by molar-refractivity contribution is 0.293. The molecule has 0 aliphatic heterocycles. The van der Waals surface area contributed by atoms with Crippen LogP contribution in [0.15, 0.2) is 24.3 Å². The average molecular weight is 233 g/mol. The number of hydrogen-bond donors (Lipinski definition) is 1. The molecule has 1 aromatic carbocycles. The fraction of sp³-hybridized carbons (Fsp3) is 0.600. The maximum Gasteiger partial charge on any atom is 0.120 e. The molecule has 1 saturated carbocycles. The summed E-state index contributed by atoms with van der Waals surface area (Å²) in [5.74, 6) is 2.66. The Kier molecular flexibility index (Phi) is 4.29. The van der Waals surface area contributed by atoms with E-state index in [-0.39, 0.29) is 0 Å². The zero-order valence-electron chi connectivity index (χ0n) is 10.9. The Morgan fingerprint density at radius 1 is 1.35 bits per heavy atom. The van der Waals surface area contributed by atoms with E-state index in [9.17, 15) is 0 Å². The zero-order valence-corrected chi connectivity index (χ0v) is 10.9. The number of anilines is 1. The first kappa shape index (κ1) is 12.3. The number of ether oxygens (including phenoxy) is 1. The Balaban J connectivity index is 1.84. The average Bonchev–Trinajstić information content (AvgIpc) is 2.37. The monoisotopic (exact) mass is 233 g/mol. The molecule has 17 heavy (non-hydrogen) atoms. The van der Waals surface area contributed by atoms with E-state index in [0.29, 0.717) is 0 Å². The highest BCUT2D eigenvalue weighted by atomic mass is 16.5. The second-order valence-corrected chi connectivity index (χ2v) is 5.25. The van der Waals surface area contributed by atoms with Gasteiger partial charge in [-0.2, -0.15) is 0 Å². The van der Waals surface area contributed by atoms with E-state index >= 15 is 0 Å². The number of methoxy groups -OCH3 is 1. The van der Waals surface area contributed by atoms with Crippen LogP contribution in [0.1, 0.15) is 32.6 Å². The maximum atomic E-state index is 5.22. The molecule has 0 radical (unpaired) electrons. The van der Waals surface area contributed by atoms with Gasteiger partial charge in [0.25, 0.3) is 0 Å². The van der Waals surface area contributed by atoms with E-state index < -0.39 is 0 Å². The van der Waals surface area contributed by atoms with E-state index in [2.05, 4.69) is 24.4 Å². The lowest BCUT2D eigenvalue weighted by Crippen LogP contribution is -2.20. The van der Waals surface area contributed by atoms with Crippen molar-refractivity contribution in [1.29, 1.82) is 0 Å². The molecular weight excluding hydrogens is 210 g/mol. The first-order chi connectivity index (χ1) is 8.28. The summed E-state index contributed by atoms with van der Waals surface area (Å²) in [6, 6.07) is 8.18. The van der Waals surface area contributed by atoms with Crippen molar-refractivity contribution in [2.45, 2.75) is 32.6 Å². The topological polar surface area (TPSA) is 21.3 Å². The van der Waals surface area contributed by atoms with Gasteiger partial charge in [0.15, 0.2) is 0 Å². The van der Waals surface area contributed by atoms with Crippen LogP contribution in [0.4, 0.5) is 5.69 Å². The van der Waals surface area contributed by atoms with Crippen molar-refractivity contribution in [2.75, 3.05) is 19.0 Å². The van der Waals surface area contributed by atoms with Crippen molar-refractivity contribution in [1.82, 2.24) is 0 Å². The maximum absolute atomic E-state index is 5.22. The lowest BCUT2D eigenvalue weighted by atomic mass is 9.82. The van der Waals surface area contributed by atoms with E-state index in [1.54, 1.807) is 7.11 Å². The fourth-order valence-electron chi connectivity index (χ4n) is 2.74. The number of benzene rings is 1. The molecular formula is C15H23NO. The minimum Gasteiger partial charge on any atom is -0.497 e. The SMILES string of the molecule is COc1cccc(NCC2CCCC(C)C2)c1. The normalized spacial score (nSPS) is 24.4. The summed E-state index contributed by atoms with van der Waals surface area (Å²) in [5, 5.41) is 3.53. The smallest absolute Gasteiger partial charge is 0.120 e. The quantitative estimate of drug-likeness (QED) is 0.850. The van der Waals surface area contributed by atoms with Crippen molar-refractivity contribution >= 4 is 5.69 Å². The molecule has 1 fully saturated rings. The lowest BCUT2D eigenvalue weighted by Gasteiger charge is -2.27. The molecule has 0 heterocycles. The second-order valence-electron chi connectivity index (χ2n) is 5.25. The Morgan fingerprint density at radius 3 is 3.00 bits per heavy atom. The summed E-state index contributed by atoms with van der Waals surface area (Å²) >= 11 is 0.